The number of hydrogen-bond donors (Lipinski definition) is 1. The van der Waals surface area contributed by atoms with Crippen molar-refractivity contribution in [2.45, 2.75) is 45.2 Å². The van der Waals surface area contributed by atoms with Crippen molar-refractivity contribution in [2.24, 2.45) is 5.92 Å². The SMILES string of the molecule is COc1ccccc1C[C@@H](C)CC(=O)N[C@H]1CCc2nccn2C1. The molecule has 0 spiro atoms. The lowest BCUT2D eigenvalue weighted by Crippen LogP contribution is -2.41. The predicted octanol–water partition coefficient (Wildman–Crippen LogP) is 2.59. The second kappa shape index (κ2) is 7.51. The van der Waals surface area contributed by atoms with Gasteiger partial charge in [0.15, 0.2) is 0 Å². The number of nitrogens with zero attached hydrogens (tertiary/aromatic N) is 2. The van der Waals surface area contributed by atoms with Gasteiger partial charge in [-0.2, -0.15) is 0 Å². The predicted molar refractivity (Wildman–Crippen MR) is 93.0 cm³/mol. The minimum Gasteiger partial charge on any atom is -0.496 e. The number of carbonyl (C=O) groups excluding carboxylic acids is 1. The summed E-state index contributed by atoms with van der Waals surface area (Å²) in [5.41, 5.74) is 1.15. The van der Waals surface area contributed by atoms with E-state index in [9.17, 15) is 4.79 Å². The minimum atomic E-state index is 0.131. The molecule has 1 aliphatic rings. The normalized spacial score (nSPS) is 17.8. The zero-order valence-corrected chi connectivity index (χ0v) is 14.4. The van der Waals surface area contributed by atoms with Crippen molar-refractivity contribution >= 4 is 5.91 Å². The number of methoxy groups -OCH3 is 1. The molecule has 0 aliphatic carbocycles. The highest BCUT2D eigenvalue weighted by Gasteiger charge is 2.21. The molecule has 0 saturated carbocycles. The number of aromatic nitrogens is 2. The molecule has 0 unspecified atom stereocenters. The maximum absolute atomic E-state index is 12.3. The Labute approximate surface area is 143 Å². The molecule has 1 aromatic carbocycles. The van der Waals surface area contributed by atoms with Crippen LogP contribution in [0.15, 0.2) is 36.7 Å². The molecule has 128 valence electrons. The van der Waals surface area contributed by atoms with E-state index in [1.807, 2.05) is 30.6 Å². The number of hydrogen-bond acceptors (Lipinski definition) is 3. The fraction of sp³-hybridized carbons (Fsp3) is 0.474. The first-order chi connectivity index (χ1) is 11.7. The van der Waals surface area contributed by atoms with Crippen LogP contribution in [0.3, 0.4) is 0 Å². The van der Waals surface area contributed by atoms with Gasteiger partial charge in [0, 0.05) is 37.8 Å². The summed E-state index contributed by atoms with van der Waals surface area (Å²) in [6.45, 7) is 2.93. The molecule has 3 rings (SSSR count). The van der Waals surface area contributed by atoms with Crippen molar-refractivity contribution in [3.8, 4) is 5.75 Å². The molecule has 1 aliphatic heterocycles. The van der Waals surface area contributed by atoms with Crippen LogP contribution < -0.4 is 10.1 Å². The van der Waals surface area contributed by atoms with Crippen molar-refractivity contribution < 1.29 is 9.53 Å². The zero-order valence-electron chi connectivity index (χ0n) is 14.4. The van der Waals surface area contributed by atoms with E-state index in [1.165, 1.54) is 0 Å². The number of carbonyl (C=O) groups is 1. The minimum absolute atomic E-state index is 0.131. The van der Waals surface area contributed by atoms with E-state index in [2.05, 4.69) is 27.9 Å². The van der Waals surface area contributed by atoms with Crippen LogP contribution in [0.25, 0.3) is 0 Å². The van der Waals surface area contributed by atoms with Gasteiger partial charge in [-0.05, 0) is 30.4 Å². The number of ether oxygens (including phenoxy) is 1. The second-order valence-electron chi connectivity index (χ2n) is 6.62. The molecule has 5 heteroatoms. The van der Waals surface area contributed by atoms with Crippen LogP contribution in [0.5, 0.6) is 5.75 Å². The Bertz CT molecular complexity index is 695. The van der Waals surface area contributed by atoms with Gasteiger partial charge < -0.3 is 14.6 Å². The number of rotatable bonds is 6. The first kappa shape index (κ1) is 16.6. The van der Waals surface area contributed by atoms with E-state index in [0.29, 0.717) is 6.42 Å². The van der Waals surface area contributed by atoms with E-state index in [0.717, 1.165) is 42.9 Å². The van der Waals surface area contributed by atoms with Crippen molar-refractivity contribution in [2.75, 3.05) is 7.11 Å². The summed E-state index contributed by atoms with van der Waals surface area (Å²) in [7, 11) is 1.68. The number of nitrogens with one attached hydrogen (secondary N) is 1. The highest BCUT2D eigenvalue weighted by Crippen LogP contribution is 2.22. The summed E-state index contributed by atoms with van der Waals surface area (Å²) in [5.74, 6) is 2.41. The second-order valence-corrected chi connectivity index (χ2v) is 6.62. The number of imidazole rings is 1. The Hall–Kier alpha value is -2.30. The maximum Gasteiger partial charge on any atom is 0.220 e. The van der Waals surface area contributed by atoms with Gasteiger partial charge in [0.1, 0.15) is 11.6 Å². The molecule has 0 bridgehead atoms. The van der Waals surface area contributed by atoms with Gasteiger partial charge in [-0.3, -0.25) is 4.79 Å². The molecule has 1 amide bonds. The van der Waals surface area contributed by atoms with E-state index in [4.69, 9.17) is 4.74 Å². The fourth-order valence-corrected chi connectivity index (χ4v) is 3.41. The van der Waals surface area contributed by atoms with Gasteiger partial charge in [-0.15, -0.1) is 0 Å². The Morgan fingerprint density at radius 2 is 2.29 bits per heavy atom. The summed E-state index contributed by atoms with van der Waals surface area (Å²) in [5, 5.41) is 3.18. The summed E-state index contributed by atoms with van der Waals surface area (Å²) < 4.78 is 7.52. The lowest BCUT2D eigenvalue weighted by Gasteiger charge is -2.25. The lowest BCUT2D eigenvalue weighted by molar-refractivity contribution is -0.122. The van der Waals surface area contributed by atoms with E-state index in [1.54, 1.807) is 7.11 Å². The summed E-state index contributed by atoms with van der Waals surface area (Å²) >= 11 is 0. The van der Waals surface area contributed by atoms with Gasteiger partial charge in [0.25, 0.3) is 0 Å². The average Bonchev–Trinajstić information content (AvgIpc) is 3.02. The van der Waals surface area contributed by atoms with Crippen LogP contribution in [0.4, 0.5) is 0 Å². The third-order valence-electron chi connectivity index (χ3n) is 4.60. The van der Waals surface area contributed by atoms with Gasteiger partial charge in [-0.25, -0.2) is 4.98 Å². The van der Waals surface area contributed by atoms with Crippen LogP contribution >= 0.6 is 0 Å². The van der Waals surface area contributed by atoms with E-state index < -0.39 is 0 Å². The van der Waals surface area contributed by atoms with E-state index >= 15 is 0 Å². The van der Waals surface area contributed by atoms with Crippen molar-refractivity contribution in [3.05, 3.63) is 48.0 Å². The Balaban J connectivity index is 1.50. The number of para-hydroxylation sites is 1. The number of fused-ring (bicyclic) bond motifs is 1. The third-order valence-corrected chi connectivity index (χ3v) is 4.60. The van der Waals surface area contributed by atoms with Crippen molar-refractivity contribution in [1.29, 1.82) is 0 Å². The van der Waals surface area contributed by atoms with Crippen molar-refractivity contribution in [3.63, 3.8) is 0 Å². The number of amides is 1. The number of benzene rings is 1. The molecule has 2 heterocycles. The summed E-state index contributed by atoms with van der Waals surface area (Å²) in [6.07, 6.45) is 7.07. The fourth-order valence-electron chi connectivity index (χ4n) is 3.41. The van der Waals surface area contributed by atoms with Gasteiger partial charge in [0.05, 0.1) is 7.11 Å². The number of aryl methyl sites for hydroxylation is 1. The molecule has 1 aromatic heterocycles. The smallest absolute Gasteiger partial charge is 0.220 e. The summed E-state index contributed by atoms with van der Waals surface area (Å²) in [6, 6.07) is 8.21. The topological polar surface area (TPSA) is 56.1 Å². The maximum atomic E-state index is 12.3. The molecule has 5 nitrogen and oxygen atoms in total. The molecule has 1 N–H and O–H groups in total. The lowest BCUT2D eigenvalue weighted by atomic mass is 9.96. The highest BCUT2D eigenvalue weighted by atomic mass is 16.5. The van der Waals surface area contributed by atoms with Crippen LogP contribution in [0.1, 0.15) is 31.2 Å². The van der Waals surface area contributed by atoms with Crippen LogP contribution in [0, 0.1) is 5.92 Å². The van der Waals surface area contributed by atoms with Crippen LogP contribution in [-0.2, 0) is 24.2 Å². The molecular weight excluding hydrogens is 302 g/mol. The standard InChI is InChI=1S/C19H25N3O2/c1-14(11-15-5-3-4-6-17(15)24-2)12-19(23)21-16-7-8-18-20-9-10-22(18)13-16/h3-6,9-10,14,16H,7-8,11-13H2,1-2H3,(H,21,23)/t14-,16+/m1/s1. The molecule has 0 fully saturated rings. The Kier molecular flexibility index (Phi) is 5.18. The molecule has 2 atom stereocenters. The van der Waals surface area contributed by atoms with Crippen LogP contribution in [-0.4, -0.2) is 28.6 Å². The molecule has 0 radical (unpaired) electrons. The quantitative estimate of drug-likeness (QED) is 0.887. The highest BCUT2D eigenvalue weighted by molar-refractivity contribution is 5.76. The molecule has 24 heavy (non-hydrogen) atoms. The van der Waals surface area contributed by atoms with Crippen LogP contribution in [0.2, 0.25) is 0 Å². The third kappa shape index (κ3) is 3.96. The molecule has 2 aromatic rings. The van der Waals surface area contributed by atoms with Crippen molar-refractivity contribution in [1.82, 2.24) is 14.9 Å². The monoisotopic (exact) mass is 327 g/mol. The van der Waals surface area contributed by atoms with E-state index in [-0.39, 0.29) is 17.9 Å². The largest absolute Gasteiger partial charge is 0.496 e. The first-order valence-electron chi connectivity index (χ1n) is 8.57. The molecule has 0 saturated heterocycles. The Morgan fingerprint density at radius 1 is 1.46 bits per heavy atom. The summed E-state index contributed by atoms with van der Waals surface area (Å²) in [4.78, 5) is 16.7. The Morgan fingerprint density at radius 3 is 3.12 bits per heavy atom. The zero-order chi connectivity index (χ0) is 16.9. The van der Waals surface area contributed by atoms with Gasteiger partial charge in [-0.1, -0.05) is 25.1 Å². The van der Waals surface area contributed by atoms with Gasteiger partial charge >= 0.3 is 0 Å². The first-order valence-corrected chi connectivity index (χ1v) is 8.57. The molecular formula is C19H25N3O2. The average molecular weight is 327 g/mol. The van der Waals surface area contributed by atoms with Gasteiger partial charge in [0.2, 0.25) is 5.91 Å².